The highest BCUT2D eigenvalue weighted by Gasteiger charge is 2.19. The van der Waals surface area contributed by atoms with E-state index in [1.807, 2.05) is 24.3 Å². The molecule has 0 aromatic heterocycles. The van der Waals surface area contributed by atoms with Gasteiger partial charge in [-0.2, -0.15) is 0 Å². The average Bonchev–Trinajstić information content (AvgIpc) is 2.37. The first-order chi connectivity index (χ1) is 9.79. The molecule has 0 saturated carbocycles. The maximum absolute atomic E-state index is 11.0. The van der Waals surface area contributed by atoms with Gasteiger partial charge in [-0.3, -0.25) is 0 Å². The van der Waals surface area contributed by atoms with E-state index < -0.39 is 5.97 Å². The summed E-state index contributed by atoms with van der Waals surface area (Å²) < 4.78 is 5.87. The Bertz CT molecular complexity index is 672. The molecule has 0 fully saturated rings. The highest BCUT2D eigenvalue weighted by molar-refractivity contribution is 6.33. The minimum atomic E-state index is -1.05. The number of para-hydroxylation sites is 1. The van der Waals surface area contributed by atoms with Gasteiger partial charge in [0.25, 0.3) is 0 Å². The fourth-order valence-corrected chi connectivity index (χ4v) is 2.29. The van der Waals surface area contributed by atoms with E-state index in [1.54, 1.807) is 6.07 Å². The van der Waals surface area contributed by atoms with Crippen molar-refractivity contribution in [3.05, 3.63) is 58.6 Å². The molecule has 1 N–H and O–H groups in total. The Balaban J connectivity index is 2.35. The van der Waals surface area contributed by atoms with E-state index in [0.717, 1.165) is 11.3 Å². The summed E-state index contributed by atoms with van der Waals surface area (Å²) in [7, 11) is 0. The van der Waals surface area contributed by atoms with Crippen LogP contribution in [0, 0.1) is 0 Å². The van der Waals surface area contributed by atoms with Gasteiger partial charge in [-0.15, -0.1) is 0 Å². The second-order valence-electron chi connectivity index (χ2n) is 5.80. The van der Waals surface area contributed by atoms with Crippen molar-refractivity contribution in [2.45, 2.75) is 26.2 Å². The van der Waals surface area contributed by atoms with Crippen LogP contribution in [0.1, 0.15) is 36.7 Å². The van der Waals surface area contributed by atoms with Gasteiger partial charge in [-0.25, -0.2) is 4.79 Å². The van der Waals surface area contributed by atoms with Gasteiger partial charge in [0.15, 0.2) is 0 Å². The molecule has 3 nitrogen and oxygen atoms in total. The number of carbonyl (C=O) groups is 1. The summed E-state index contributed by atoms with van der Waals surface area (Å²) in [5, 5.41) is 9.13. The van der Waals surface area contributed by atoms with Gasteiger partial charge in [0.05, 0.1) is 10.6 Å². The van der Waals surface area contributed by atoms with Crippen LogP contribution in [0.15, 0.2) is 42.5 Å². The number of ether oxygens (including phenoxy) is 1. The van der Waals surface area contributed by atoms with Crippen LogP contribution in [0.4, 0.5) is 0 Å². The van der Waals surface area contributed by atoms with Gasteiger partial charge in [0.1, 0.15) is 11.5 Å². The lowest BCUT2D eigenvalue weighted by Gasteiger charge is -2.22. The zero-order chi connectivity index (χ0) is 15.6. The third-order valence-corrected chi connectivity index (χ3v) is 3.41. The predicted octanol–water partition coefficient (Wildman–Crippen LogP) is 5.13. The summed E-state index contributed by atoms with van der Waals surface area (Å²) in [6.45, 7) is 6.32. The summed E-state index contributed by atoms with van der Waals surface area (Å²) >= 11 is 5.96. The number of carboxylic acid groups (broad SMARTS) is 1. The molecule has 0 heterocycles. The normalized spacial score (nSPS) is 11.2. The topological polar surface area (TPSA) is 46.5 Å². The highest BCUT2D eigenvalue weighted by atomic mass is 35.5. The van der Waals surface area contributed by atoms with Crippen LogP contribution in [0.25, 0.3) is 0 Å². The first-order valence-corrected chi connectivity index (χ1v) is 6.97. The summed E-state index contributed by atoms with van der Waals surface area (Å²) in [6, 6.07) is 12.3. The second kappa shape index (κ2) is 5.78. The third kappa shape index (κ3) is 3.56. The SMILES string of the molecule is CC(C)(C)c1ccccc1Oc1ccc(C(=O)O)c(Cl)c1. The molecule has 0 atom stereocenters. The molecule has 2 aromatic rings. The smallest absolute Gasteiger partial charge is 0.337 e. The Morgan fingerprint density at radius 3 is 2.38 bits per heavy atom. The number of carboxylic acids is 1. The number of hydrogen-bond donors (Lipinski definition) is 1. The van der Waals surface area contributed by atoms with Gasteiger partial charge < -0.3 is 9.84 Å². The molecule has 0 spiro atoms. The molecule has 21 heavy (non-hydrogen) atoms. The zero-order valence-corrected chi connectivity index (χ0v) is 12.9. The van der Waals surface area contributed by atoms with Crippen molar-refractivity contribution in [3.8, 4) is 11.5 Å². The van der Waals surface area contributed by atoms with E-state index in [2.05, 4.69) is 20.8 Å². The molecule has 2 aromatic carbocycles. The average molecular weight is 305 g/mol. The highest BCUT2D eigenvalue weighted by Crippen LogP contribution is 2.34. The van der Waals surface area contributed by atoms with Crippen LogP contribution >= 0.6 is 11.6 Å². The lowest BCUT2D eigenvalue weighted by molar-refractivity contribution is 0.0697. The second-order valence-corrected chi connectivity index (χ2v) is 6.20. The molecule has 0 unspecified atom stereocenters. The first kappa shape index (κ1) is 15.4. The monoisotopic (exact) mass is 304 g/mol. The Morgan fingerprint density at radius 1 is 1.14 bits per heavy atom. The van der Waals surface area contributed by atoms with Crippen LogP contribution in [0.2, 0.25) is 5.02 Å². The Kier molecular flexibility index (Phi) is 4.24. The molecule has 0 aliphatic rings. The number of aromatic carboxylic acids is 1. The van der Waals surface area contributed by atoms with Crippen molar-refractivity contribution in [1.29, 1.82) is 0 Å². The number of halogens is 1. The van der Waals surface area contributed by atoms with Crippen molar-refractivity contribution in [2.24, 2.45) is 0 Å². The van der Waals surface area contributed by atoms with E-state index in [0.29, 0.717) is 5.75 Å². The van der Waals surface area contributed by atoms with Crippen LogP contribution in [-0.4, -0.2) is 11.1 Å². The molecule has 0 aliphatic carbocycles. The minimum Gasteiger partial charge on any atom is -0.478 e. The van der Waals surface area contributed by atoms with Crippen molar-refractivity contribution in [2.75, 3.05) is 0 Å². The van der Waals surface area contributed by atoms with Crippen LogP contribution in [0.3, 0.4) is 0 Å². The molecule has 110 valence electrons. The van der Waals surface area contributed by atoms with E-state index in [4.69, 9.17) is 21.4 Å². The van der Waals surface area contributed by atoms with Crippen molar-refractivity contribution < 1.29 is 14.6 Å². The lowest BCUT2D eigenvalue weighted by Crippen LogP contribution is -2.12. The molecule has 0 aliphatic heterocycles. The fraction of sp³-hybridized carbons (Fsp3) is 0.235. The molecule has 4 heteroatoms. The van der Waals surface area contributed by atoms with Gasteiger partial charge in [-0.05, 0) is 23.6 Å². The van der Waals surface area contributed by atoms with E-state index in [1.165, 1.54) is 12.1 Å². The maximum atomic E-state index is 11.0. The third-order valence-electron chi connectivity index (χ3n) is 3.09. The first-order valence-electron chi connectivity index (χ1n) is 6.59. The van der Waals surface area contributed by atoms with Crippen molar-refractivity contribution in [3.63, 3.8) is 0 Å². The molecule has 0 bridgehead atoms. The number of rotatable bonds is 3. The largest absolute Gasteiger partial charge is 0.478 e. The summed E-state index contributed by atoms with van der Waals surface area (Å²) in [5.41, 5.74) is 1.08. The predicted molar refractivity (Wildman–Crippen MR) is 83.6 cm³/mol. The molecule has 2 rings (SSSR count). The van der Waals surface area contributed by atoms with Crippen LogP contribution < -0.4 is 4.74 Å². The van der Waals surface area contributed by atoms with Crippen LogP contribution in [-0.2, 0) is 5.41 Å². The zero-order valence-electron chi connectivity index (χ0n) is 12.2. The molecular weight excluding hydrogens is 288 g/mol. The summed E-state index contributed by atoms with van der Waals surface area (Å²) in [5.74, 6) is 0.201. The number of benzene rings is 2. The Hall–Kier alpha value is -2.00. The van der Waals surface area contributed by atoms with Crippen molar-refractivity contribution >= 4 is 17.6 Å². The minimum absolute atomic E-state index is 0.0542. The number of hydrogen-bond acceptors (Lipinski definition) is 2. The van der Waals surface area contributed by atoms with Gasteiger partial charge in [-0.1, -0.05) is 50.6 Å². The Labute approximate surface area is 129 Å². The quantitative estimate of drug-likeness (QED) is 0.855. The molecule has 0 saturated heterocycles. The van der Waals surface area contributed by atoms with Crippen LogP contribution in [0.5, 0.6) is 11.5 Å². The molecular formula is C17H17ClO3. The fourth-order valence-electron chi connectivity index (χ4n) is 2.03. The van der Waals surface area contributed by atoms with E-state index in [-0.39, 0.29) is 16.0 Å². The van der Waals surface area contributed by atoms with E-state index >= 15 is 0 Å². The van der Waals surface area contributed by atoms with Gasteiger partial charge in [0.2, 0.25) is 0 Å². The molecule has 0 amide bonds. The lowest BCUT2D eigenvalue weighted by atomic mass is 9.86. The summed E-state index contributed by atoms with van der Waals surface area (Å²) in [6.07, 6.45) is 0. The summed E-state index contributed by atoms with van der Waals surface area (Å²) in [4.78, 5) is 11.0. The Morgan fingerprint density at radius 2 is 1.81 bits per heavy atom. The maximum Gasteiger partial charge on any atom is 0.337 e. The van der Waals surface area contributed by atoms with Gasteiger partial charge in [0, 0.05) is 11.6 Å². The standard InChI is InChI=1S/C17H17ClO3/c1-17(2,3)13-6-4-5-7-15(13)21-11-8-9-12(16(19)20)14(18)10-11/h4-10H,1-3H3,(H,19,20). The van der Waals surface area contributed by atoms with E-state index in [9.17, 15) is 4.79 Å². The van der Waals surface area contributed by atoms with Gasteiger partial charge >= 0.3 is 5.97 Å². The molecule has 0 radical (unpaired) electrons. The van der Waals surface area contributed by atoms with Crippen molar-refractivity contribution in [1.82, 2.24) is 0 Å².